The highest BCUT2D eigenvalue weighted by molar-refractivity contribution is 5.64. The lowest BCUT2D eigenvalue weighted by atomic mass is 10.1. The van der Waals surface area contributed by atoms with Crippen molar-refractivity contribution in [2.75, 3.05) is 26.4 Å². The Morgan fingerprint density at radius 3 is 1.23 bits per heavy atom. The third-order valence-electron chi connectivity index (χ3n) is 4.18. The Morgan fingerprint density at radius 2 is 0.885 bits per heavy atom. The predicted molar refractivity (Wildman–Crippen MR) is 105 cm³/mol. The molecular formula is C22H30O4. The zero-order chi connectivity index (χ0) is 18.5. The lowest BCUT2D eigenvalue weighted by Crippen LogP contribution is -1.98. The van der Waals surface area contributed by atoms with Crippen molar-refractivity contribution in [3.63, 3.8) is 0 Å². The Bertz CT molecular complexity index is 537. The van der Waals surface area contributed by atoms with Crippen molar-refractivity contribution in [1.82, 2.24) is 0 Å². The average Bonchev–Trinajstić information content (AvgIpc) is 2.69. The van der Waals surface area contributed by atoms with Gasteiger partial charge in [0.2, 0.25) is 0 Å². The lowest BCUT2D eigenvalue weighted by molar-refractivity contribution is 0.265. The molecule has 0 radical (unpaired) electrons. The molecule has 2 aromatic rings. The molecule has 4 nitrogen and oxygen atoms in total. The van der Waals surface area contributed by atoms with Crippen molar-refractivity contribution in [1.29, 1.82) is 0 Å². The monoisotopic (exact) mass is 358 g/mol. The topological polar surface area (TPSA) is 58.9 Å². The number of unbranched alkanes of at least 4 members (excludes halogenated alkanes) is 4. The van der Waals surface area contributed by atoms with Gasteiger partial charge in [0.1, 0.15) is 11.5 Å². The molecule has 2 aromatic carbocycles. The Hall–Kier alpha value is -2.04. The molecule has 0 aromatic heterocycles. The molecular weight excluding hydrogens is 328 g/mol. The molecule has 2 rings (SSSR count). The number of hydrogen-bond acceptors (Lipinski definition) is 4. The SMILES string of the molecule is OCCCCCOc1ccc(-c2ccc(OCCCCCO)cc2)cc1. The first-order valence-electron chi connectivity index (χ1n) is 9.51. The minimum Gasteiger partial charge on any atom is -0.494 e. The molecule has 4 heteroatoms. The molecule has 0 aliphatic heterocycles. The molecule has 0 amide bonds. The summed E-state index contributed by atoms with van der Waals surface area (Å²) in [6.07, 6.45) is 5.58. The van der Waals surface area contributed by atoms with E-state index in [4.69, 9.17) is 19.7 Å². The fourth-order valence-corrected chi connectivity index (χ4v) is 2.65. The number of hydrogen-bond donors (Lipinski definition) is 2. The molecule has 0 atom stereocenters. The molecule has 0 bridgehead atoms. The van der Waals surface area contributed by atoms with Crippen molar-refractivity contribution in [2.24, 2.45) is 0 Å². The summed E-state index contributed by atoms with van der Waals surface area (Å²) in [6.45, 7) is 1.87. The van der Waals surface area contributed by atoms with Crippen LogP contribution in [0.15, 0.2) is 48.5 Å². The smallest absolute Gasteiger partial charge is 0.119 e. The second-order valence-corrected chi connectivity index (χ2v) is 6.31. The molecule has 142 valence electrons. The normalized spacial score (nSPS) is 10.7. The van der Waals surface area contributed by atoms with Gasteiger partial charge < -0.3 is 19.7 Å². The molecule has 26 heavy (non-hydrogen) atoms. The number of benzene rings is 2. The summed E-state index contributed by atoms with van der Waals surface area (Å²) in [5.74, 6) is 1.75. The maximum absolute atomic E-state index is 8.76. The predicted octanol–water partition coefficient (Wildman–Crippen LogP) is 4.44. The molecule has 0 saturated carbocycles. The summed E-state index contributed by atoms with van der Waals surface area (Å²) < 4.78 is 11.4. The molecule has 0 saturated heterocycles. The van der Waals surface area contributed by atoms with E-state index in [0.29, 0.717) is 13.2 Å². The molecule has 0 unspecified atom stereocenters. The van der Waals surface area contributed by atoms with Crippen LogP contribution in [-0.4, -0.2) is 36.6 Å². The maximum Gasteiger partial charge on any atom is 0.119 e. The van der Waals surface area contributed by atoms with Crippen LogP contribution >= 0.6 is 0 Å². The summed E-state index contributed by atoms with van der Waals surface area (Å²) in [5, 5.41) is 17.5. The van der Waals surface area contributed by atoms with E-state index in [-0.39, 0.29) is 13.2 Å². The first-order chi connectivity index (χ1) is 12.8. The third kappa shape index (κ3) is 7.46. The maximum atomic E-state index is 8.76. The summed E-state index contributed by atoms with van der Waals surface area (Å²) >= 11 is 0. The largest absolute Gasteiger partial charge is 0.494 e. The molecule has 0 heterocycles. The molecule has 0 aliphatic carbocycles. The van der Waals surface area contributed by atoms with Crippen LogP contribution in [0.4, 0.5) is 0 Å². The quantitative estimate of drug-likeness (QED) is 0.520. The minimum absolute atomic E-state index is 0.252. The van der Waals surface area contributed by atoms with E-state index in [2.05, 4.69) is 24.3 Å². The Balaban J connectivity index is 1.77. The van der Waals surface area contributed by atoms with Gasteiger partial charge in [-0.05, 0) is 73.9 Å². The fourth-order valence-electron chi connectivity index (χ4n) is 2.65. The third-order valence-corrected chi connectivity index (χ3v) is 4.18. The summed E-state index contributed by atoms with van der Waals surface area (Å²) in [5.41, 5.74) is 2.29. The number of aliphatic hydroxyl groups excluding tert-OH is 2. The van der Waals surface area contributed by atoms with E-state index in [1.54, 1.807) is 0 Å². The first-order valence-corrected chi connectivity index (χ1v) is 9.51. The molecule has 0 fully saturated rings. The Labute approximate surface area is 156 Å². The van der Waals surface area contributed by atoms with Gasteiger partial charge in [-0.1, -0.05) is 24.3 Å². The van der Waals surface area contributed by atoms with Crippen LogP contribution in [0.25, 0.3) is 11.1 Å². The van der Waals surface area contributed by atoms with Crippen molar-refractivity contribution >= 4 is 0 Å². The Kier molecular flexibility index (Phi) is 9.62. The highest BCUT2D eigenvalue weighted by atomic mass is 16.5. The van der Waals surface area contributed by atoms with Gasteiger partial charge in [0.15, 0.2) is 0 Å². The van der Waals surface area contributed by atoms with Gasteiger partial charge in [0.25, 0.3) is 0 Å². The van der Waals surface area contributed by atoms with Crippen molar-refractivity contribution < 1.29 is 19.7 Å². The second kappa shape index (κ2) is 12.3. The Morgan fingerprint density at radius 1 is 0.500 bits per heavy atom. The first kappa shape index (κ1) is 20.3. The fraction of sp³-hybridized carbons (Fsp3) is 0.455. The van der Waals surface area contributed by atoms with Gasteiger partial charge in [-0.15, -0.1) is 0 Å². The average molecular weight is 358 g/mol. The van der Waals surface area contributed by atoms with Gasteiger partial charge in [-0.25, -0.2) is 0 Å². The molecule has 2 N–H and O–H groups in total. The van der Waals surface area contributed by atoms with E-state index in [1.807, 2.05) is 24.3 Å². The zero-order valence-corrected chi connectivity index (χ0v) is 15.4. The van der Waals surface area contributed by atoms with Crippen LogP contribution < -0.4 is 9.47 Å². The van der Waals surface area contributed by atoms with Gasteiger partial charge in [0, 0.05) is 13.2 Å². The molecule has 0 aliphatic rings. The lowest BCUT2D eigenvalue weighted by Gasteiger charge is -2.09. The second-order valence-electron chi connectivity index (χ2n) is 6.31. The van der Waals surface area contributed by atoms with Crippen molar-refractivity contribution in [3.8, 4) is 22.6 Å². The van der Waals surface area contributed by atoms with E-state index in [1.165, 1.54) is 0 Å². The van der Waals surface area contributed by atoms with E-state index in [9.17, 15) is 0 Å². The van der Waals surface area contributed by atoms with E-state index >= 15 is 0 Å². The molecule has 0 spiro atoms. The zero-order valence-electron chi connectivity index (χ0n) is 15.4. The summed E-state index contributed by atoms with van der Waals surface area (Å²) in [7, 11) is 0. The highest BCUT2D eigenvalue weighted by Gasteiger charge is 2.01. The van der Waals surface area contributed by atoms with Crippen LogP contribution in [0.1, 0.15) is 38.5 Å². The van der Waals surface area contributed by atoms with E-state index in [0.717, 1.165) is 61.2 Å². The van der Waals surface area contributed by atoms with Crippen LogP contribution in [0.3, 0.4) is 0 Å². The van der Waals surface area contributed by atoms with Crippen molar-refractivity contribution in [3.05, 3.63) is 48.5 Å². The van der Waals surface area contributed by atoms with E-state index < -0.39 is 0 Å². The minimum atomic E-state index is 0.252. The number of aliphatic hydroxyl groups is 2. The van der Waals surface area contributed by atoms with Gasteiger partial charge in [-0.2, -0.15) is 0 Å². The van der Waals surface area contributed by atoms with Gasteiger partial charge in [-0.3, -0.25) is 0 Å². The van der Waals surface area contributed by atoms with Crippen molar-refractivity contribution in [2.45, 2.75) is 38.5 Å². The summed E-state index contributed by atoms with van der Waals surface area (Å²) in [4.78, 5) is 0. The van der Waals surface area contributed by atoms with Crippen LogP contribution in [0.5, 0.6) is 11.5 Å². The summed E-state index contributed by atoms with van der Waals surface area (Å²) in [6, 6.07) is 16.2. The van der Waals surface area contributed by atoms with Crippen LogP contribution in [-0.2, 0) is 0 Å². The number of ether oxygens (including phenoxy) is 2. The number of rotatable bonds is 13. The standard InChI is InChI=1S/C22H30O4/c23-15-3-1-5-17-25-21-11-7-19(8-12-21)20-9-13-22(14-10-20)26-18-6-2-4-16-24/h7-14,23-24H,1-6,15-18H2. The van der Waals surface area contributed by atoms with Gasteiger partial charge >= 0.3 is 0 Å². The highest BCUT2D eigenvalue weighted by Crippen LogP contribution is 2.25. The van der Waals surface area contributed by atoms with Gasteiger partial charge in [0.05, 0.1) is 13.2 Å². The van der Waals surface area contributed by atoms with Crippen LogP contribution in [0.2, 0.25) is 0 Å². The van der Waals surface area contributed by atoms with Crippen LogP contribution in [0, 0.1) is 0 Å².